The van der Waals surface area contributed by atoms with Crippen molar-refractivity contribution in [3.8, 4) is 0 Å². The number of pyridine rings is 1. The third-order valence-corrected chi connectivity index (χ3v) is 4.77. The van der Waals surface area contributed by atoms with E-state index < -0.39 is 0 Å². The highest BCUT2D eigenvalue weighted by Crippen LogP contribution is 2.26. The monoisotopic (exact) mass is 285 g/mol. The Bertz CT molecular complexity index is 608. The van der Waals surface area contributed by atoms with Crippen LogP contribution in [0.1, 0.15) is 37.4 Å². The van der Waals surface area contributed by atoms with E-state index in [1.54, 1.807) is 0 Å². The quantitative estimate of drug-likeness (QED) is 0.900. The molecule has 112 valence electrons. The van der Waals surface area contributed by atoms with Crippen molar-refractivity contribution in [3.63, 3.8) is 0 Å². The first-order valence-electron chi connectivity index (χ1n) is 8.17. The minimum Gasteiger partial charge on any atom is -0.316 e. The fourth-order valence-corrected chi connectivity index (χ4v) is 3.64. The maximum atomic E-state index is 4.89. The fourth-order valence-electron chi connectivity index (χ4n) is 3.64. The number of rotatable bonds is 3. The number of imidazole rings is 1. The molecule has 21 heavy (non-hydrogen) atoms. The van der Waals surface area contributed by atoms with Crippen LogP contribution < -0.4 is 10.6 Å². The topological polar surface area (TPSA) is 54.8 Å². The summed E-state index contributed by atoms with van der Waals surface area (Å²) in [6, 6.07) is 4.63. The van der Waals surface area contributed by atoms with Gasteiger partial charge in [-0.25, -0.2) is 9.97 Å². The fraction of sp³-hybridized carbons (Fsp3) is 0.625. The Labute approximate surface area is 125 Å². The summed E-state index contributed by atoms with van der Waals surface area (Å²) in [4.78, 5) is 9.48. The summed E-state index contributed by atoms with van der Waals surface area (Å²) >= 11 is 0. The van der Waals surface area contributed by atoms with E-state index in [2.05, 4.69) is 26.3 Å². The van der Waals surface area contributed by atoms with Gasteiger partial charge in [0.2, 0.25) is 0 Å². The molecule has 2 N–H and O–H groups in total. The van der Waals surface area contributed by atoms with Gasteiger partial charge in [-0.05, 0) is 44.5 Å². The third-order valence-electron chi connectivity index (χ3n) is 4.77. The first kappa shape index (κ1) is 13.2. The molecule has 0 spiro atoms. The Balaban J connectivity index is 1.70. The number of aromatic nitrogens is 3. The van der Waals surface area contributed by atoms with Crippen molar-refractivity contribution in [3.05, 3.63) is 24.2 Å². The number of hydrogen-bond donors (Lipinski definition) is 2. The number of nitrogens with one attached hydrogen (secondary N) is 2. The average Bonchev–Trinajstić information content (AvgIpc) is 3.16. The number of fused-ring (bicyclic) bond motifs is 1. The summed E-state index contributed by atoms with van der Waals surface area (Å²) in [5, 5.41) is 7.10. The van der Waals surface area contributed by atoms with Crippen molar-refractivity contribution in [2.45, 2.75) is 44.2 Å². The molecule has 2 saturated heterocycles. The molecule has 0 aromatic carbocycles. The lowest BCUT2D eigenvalue weighted by Crippen LogP contribution is -2.37. The van der Waals surface area contributed by atoms with Crippen LogP contribution >= 0.6 is 0 Å². The molecule has 0 amide bonds. The summed E-state index contributed by atoms with van der Waals surface area (Å²) < 4.78 is 2.37. The molecular formula is C16H23N5. The third kappa shape index (κ3) is 2.56. The van der Waals surface area contributed by atoms with E-state index in [1.165, 1.54) is 31.5 Å². The van der Waals surface area contributed by atoms with Crippen molar-refractivity contribution >= 4 is 11.2 Å². The van der Waals surface area contributed by atoms with Gasteiger partial charge < -0.3 is 15.2 Å². The van der Waals surface area contributed by atoms with Gasteiger partial charge >= 0.3 is 0 Å². The minimum atomic E-state index is 0.530. The average molecular weight is 285 g/mol. The van der Waals surface area contributed by atoms with Crippen LogP contribution in [-0.4, -0.2) is 40.2 Å². The van der Waals surface area contributed by atoms with E-state index >= 15 is 0 Å². The molecule has 2 fully saturated rings. The molecule has 0 radical (unpaired) electrons. The van der Waals surface area contributed by atoms with Gasteiger partial charge in [-0.15, -0.1) is 0 Å². The van der Waals surface area contributed by atoms with Crippen LogP contribution in [0.15, 0.2) is 18.3 Å². The molecule has 2 unspecified atom stereocenters. The van der Waals surface area contributed by atoms with Crippen molar-refractivity contribution in [2.24, 2.45) is 0 Å². The lowest BCUT2D eigenvalue weighted by molar-refractivity contribution is 0.360. The Kier molecular flexibility index (Phi) is 3.61. The van der Waals surface area contributed by atoms with Gasteiger partial charge in [0.1, 0.15) is 11.3 Å². The number of nitrogens with zero attached hydrogens (tertiary/aromatic N) is 3. The molecule has 4 heterocycles. The SMILES string of the molecule is c1cnc2c(c1)nc(C1CCNC1)n2CC1CCCCN1. The largest absolute Gasteiger partial charge is 0.316 e. The summed E-state index contributed by atoms with van der Waals surface area (Å²) in [5.74, 6) is 1.75. The number of piperidine rings is 1. The Hall–Kier alpha value is -1.46. The van der Waals surface area contributed by atoms with Gasteiger partial charge in [0, 0.05) is 31.2 Å². The first-order chi connectivity index (χ1) is 10.4. The van der Waals surface area contributed by atoms with E-state index in [-0.39, 0.29) is 0 Å². The number of hydrogen-bond acceptors (Lipinski definition) is 4. The van der Waals surface area contributed by atoms with Crippen LogP contribution in [-0.2, 0) is 6.54 Å². The zero-order chi connectivity index (χ0) is 14.1. The maximum absolute atomic E-state index is 4.89. The highest BCUT2D eigenvalue weighted by atomic mass is 15.2. The van der Waals surface area contributed by atoms with Crippen molar-refractivity contribution in [1.82, 2.24) is 25.2 Å². The second-order valence-electron chi connectivity index (χ2n) is 6.26. The summed E-state index contributed by atoms with van der Waals surface area (Å²) in [5.41, 5.74) is 2.09. The van der Waals surface area contributed by atoms with Crippen molar-refractivity contribution in [1.29, 1.82) is 0 Å². The molecular weight excluding hydrogens is 262 g/mol. The van der Waals surface area contributed by atoms with Gasteiger partial charge in [-0.2, -0.15) is 0 Å². The van der Waals surface area contributed by atoms with E-state index in [4.69, 9.17) is 4.98 Å². The minimum absolute atomic E-state index is 0.530. The molecule has 2 atom stereocenters. The zero-order valence-corrected chi connectivity index (χ0v) is 12.4. The summed E-state index contributed by atoms with van der Waals surface area (Å²) in [6.07, 6.45) is 6.96. The zero-order valence-electron chi connectivity index (χ0n) is 12.4. The summed E-state index contributed by atoms with van der Waals surface area (Å²) in [6.45, 7) is 4.29. The normalized spacial score (nSPS) is 26.5. The molecule has 2 aromatic rings. The molecule has 2 aliphatic heterocycles. The van der Waals surface area contributed by atoms with E-state index in [0.717, 1.165) is 37.3 Å². The van der Waals surface area contributed by atoms with Gasteiger partial charge in [0.25, 0.3) is 0 Å². The standard InChI is InChI=1S/C16H23N5/c1-2-7-18-13(4-1)11-21-15(12-6-9-17-10-12)20-14-5-3-8-19-16(14)21/h3,5,8,12-13,17-18H,1-2,4,6-7,9-11H2. The molecule has 0 saturated carbocycles. The Morgan fingerprint density at radius 2 is 2.24 bits per heavy atom. The second kappa shape index (κ2) is 5.73. The summed E-state index contributed by atoms with van der Waals surface area (Å²) in [7, 11) is 0. The van der Waals surface area contributed by atoms with Crippen LogP contribution in [0, 0.1) is 0 Å². The van der Waals surface area contributed by atoms with Crippen LogP contribution in [0.4, 0.5) is 0 Å². The molecule has 2 aliphatic rings. The van der Waals surface area contributed by atoms with Crippen molar-refractivity contribution in [2.75, 3.05) is 19.6 Å². The van der Waals surface area contributed by atoms with Crippen LogP contribution in [0.3, 0.4) is 0 Å². The first-order valence-corrected chi connectivity index (χ1v) is 8.17. The molecule has 0 aliphatic carbocycles. The van der Waals surface area contributed by atoms with E-state index in [9.17, 15) is 0 Å². The predicted molar refractivity (Wildman–Crippen MR) is 83.4 cm³/mol. The lowest BCUT2D eigenvalue weighted by atomic mass is 10.0. The van der Waals surface area contributed by atoms with E-state index in [0.29, 0.717) is 12.0 Å². The molecule has 2 aromatic heterocycles. The molecule has 0 bridgehead atoms. The highest BCUT2D eigenvalue weighted by molar-refractivity contribution is 5.71. The van der Waals surface area contributed by atoms with Crippen LogP contribution in [0.25, 0.3) is 11.2 Å². The lowest BCUT2D eigenvalue weighted by Gasteiger charge is -2.25. The molecule has 5 heteroatoms. The second-order valence-corrected chi connectivity index (χ2v) is 6.26. The molecule has 5 nitrogen and oxygen atoms in total. The van der Waals surface area contributed by atoms with E-state index in [1.807, 2.05) is 12.3 Å². The Morgan fingerprint density at radius 1 is 1.24 bits per heavy atom. The molecule has 4 rings (SSSR count). The maximum Gasteiger partial charge on any atom is 0.160 e. The van der Waals surface area contributed by atoms with Crippen LogP contribution in [0.2, 0.25) is 0 Å². The van der Waals surface area contributed by atoms with Crippen LogP contribution in [0.5, 0.6) is 0 Å². The van der Waals surface area contributed by atoms with Gasteiger partial charge in [0.15, 0.2) is 5.65 Å². The smallest absolute Gasteiger partial charge is 0.160 e. The van der Waals surface area contributed by atoms with Gasteiger partial charge in [0.05, 0.1) is 0 Å². The Morgan fingerprint density at radius 3 is 3.05 bits per heavy atom. The highest BCUT2D eigenvalue weighted by Gasteiger charge is 2.25. The predicted octanol–water partition coefficient (Wildman–Crippen LogP) is 1.65. The van der Waals surface area contributed by atoms with Gasteiger partial charge in [-0.3, -0.25) is 0 Å². The van der Waals surface area contributed by atoms with Gasteiger partial charge in [-0.1, -0.05) is 6.42 Å². The van der Waals surface area contributed by atoms with Crippen molar-refractivity contribution < 1.29 is 0 Å².